The number of rotatable bonds is 7. The van der Waals surface area contributed by atoms with E-state index in [9.17, 15) is 18.8 Å². The van der Waals surface area contributed by atoms with E-state index in [4.69, 9.17) is 4.74 Å². The zero-order chi connectivity index (χ0) is 18.3. The highest BCUT2D eigenvalue weighted by Crippen LogP contribution is 2.11. The number of carbonyl (C=O) groups excluding carboxylic acids is 3. The van der Waals surface area contributed by atoms with Gasteiger partial charge in [-0.15, -0.1) is 0 Å². The standard InChI is InChI=1S/C17H22FNO5/c1-5-10(2)15(17(22)23-4)19-14(20)9-24-16(21)12-7-6-11(3)13(18)8-12/h6-8,10,15H,5,9H2,1-4H3,(H,19,20). The molecule has 1 N–H and O–H groups in total. The first-order valence-corrected chi connectivity index (χ1v) is 7.60. The van der Waals surface area contributed by atoms with E-state index in [2.05, 4.69) is 10.1 Å². The van der Waals surface area contributed by atoms with Crippen LogP contribution in [0.5, 0.6) is 0 Å². The van der Waals surface area contributed by atoms with E-state index in [1.807, 2.05) is 6.92 Å². The lowest BCUT2D eigenvalue weighted by molar-refractivity contribution is -0.147. The van der Waals surface area contributed by atoms with Crippen LogP contribution in [-0.4, -0.2) is 37.6 Å². The van der Waals surface area contributed by atoms with Crippen LogP contribution in [0.2, 0.25) is 0 Å². The first-order valence-electron chi connectivity index (χ1n) is 7.60. The van der Waals surface area contributed by atoms with E-state index >= 15 is 0 Å². The molecule has 1 aromatic rings. The van der Waals surface area contributed by atoms with Gasteiger partial charge in [0.05, 0.1) is 12.7 Å². The van der Waals surface area contributed by atoms with Crippen molar-refractivity contribution in [2.75, 3.05) is 13.7 Å². The third-order valence-corrected chi connectivity index (χ3v) is 3.73. The van der Waals surface area contributed by atoms with Gasteiger partial charge in [0, 0.05) is 0 Å². The van der Waals surface area contributed by atoms with Crippen LogP contribution in [0, 0.1) is 18.7 Å². The molecule has 0 saturated heterocycles. The van der Waals surface area contributed by atoms with Gasteiger partial charge >= 0.3 is 11.9 Å². The SMILES string of the molecule is CCC(C)C(NC(=O)COC(=O)c1ccc(C)c(F)c1)C(=O)OC. The summed E-state index contributed by atoms with van der Waals surface area (Å²) in [5.74, 6) is -2.68. The summed E-state index contributed by atoms with van der Waals surface area (Å²) in [6.45, 7) is 4.67. The maximum atomic E-state index is 13.4. The second-order valence-electron chi connectivity index (χ2n) is 5.49. The predicted octanol–water partition coefficient (Wildman–Crippen LogP) is 1.99. The molecular formula is C17H22FNO5. The number of esters is 2. The molecule has 0 aromatic heterocycles. The summed E-state index contributed by atoms with van der Waals surface area (Å²) in [4.78, 5) is 35.4. The highest BCUT2D eigenvalue weighted by atomic mass is 19.1. The molecule has 0 fully saturated rings. The van der Waals surface area contributed by atoms with E-state index < -0.39 is 36.3 Å². The van der Waals surface area contributed by atoms with Gasteiger partial charge in [0.25, 0.3) is 5.91 Å². The molecule has 6 nitrogen and oxygen atoms in total. The molecule has 2 unspecified atom stereocenters. The maximum absolute atomic E-state index is 13.4. The maximum Gasteiger partial charge on any atom is 0.338 e. The number of aryl methyl sites for hydroxylation is 1. The van der Waals surface area contributed by atoms with Gasteiger partial charge in [-0.2, -0.15) is 0 Å². The minimum atomic E-state index is -0.817. The first kappa shape index (κ1) is 19.6. The molecule has 0 spiro atoms. The lowest BCUT2D eigenvalue weighted by Gasteiger charge is -2.21. The van der Waals surface area contributed by atoms with E-state index in [1.165, 1.54) is 19.2 Å². The molecule has 2 atom stereocenters. The van der Waals surface area contributed by atoms with Gasteiger partial charge in [0.1, 0.15) is 11.9 Å². The largest absolute Gasteiger partial charge is 0.467 e. The fourth-order valence-corrected chi connectivity index (χ4v) is 1.95. The molecule has 1 aromatic carbocycles. The van der Waals surface area contributed by atoms with Crippen molar-refractivity contribution in [3.8, 4) is 0 Å². The van der Waals surface area contributed by atoms with Crippen LogP contribution in [0.15, 0.2) is 18.2 Å². The van der Waals surface area contributed by atoms with Gasteiger partial charge < -0.3 is 14.8 Å². The number of amides is 1. The van der Waals surface area contributed by atoms with Crippen molar-refractivity contribution in [1.29, 1.82) is 0 Å². The van der Waals surface area contributed by atoms with Gasteiger partial charge in [-0.3, -0.25) is 4.79 Å². The monoisotopic (exact) mass is 339 g/mol. The Bertz CT molecular complexity index is 617. The molecule has 0 heterocycles. The normalized spacial score (nSPS) is 12.9. The van der Waals surface area contributed by atoms with Gasteiger partial charge in [0.2, 0.25) is 0 Å². The minimum absolute atomic E-state index is 0.0114. The van der Waals surface area contributed by atoms with Crippen molar-refractivity contribution in [2.24, 2.45) is 5.92 Å². The molecule has 24 heavy (non-hydrogen) atoms. The van der Waals surface area contributed by atoms with E-state index in [-0.39, 0.29) is 11.5 Å². The second kappa shape index (κ2) is 9.00. The quantitative estimate of drug-likeness (QED) is 0.768. The molecular weight excluding hydrogens is 317 g/mol. The summed E-state index contributed by atoms with van der Waals surface area (Å²) in [5, 5.41) is 2.48. The van der Waals surface area contributed by atoms with E-state index in [0.717, 1.165) is 6.07 Å². The molecule has 0 aliphatic heterocycles. The molecule has 0 aliphatic rings. The highest BCUT2D eigenvalue weighted by molar-refractivity contribution is 5.92. The summed E-state index contributed by atoms with van der Waals surface area (Å²) in [5.41, 5.74) is 0.413. The summed E-state index contributed by atoms with van der Waals surface area (Å²) >= 11 is 0. The topological polar surface area (TPSA) is 81.7 Å². The Kier molecular flexibility index (Phi) is 7.35. The third kappa shape index (κ3) is 5.33. The van der Waals surface area contributed by atoms with Gasteiger partial charge in [-0.05, 0) is 30.5 Å². The van der Waals surface area contributed by atoms with Crippen LogP contribution >= 0.6 is 0 Å². The summed E-state index contributed by atoms with van der Waals surface area (Å²) in [7, 11) is 1.23. The number of halogens is 1. The Balaban J connectivity index is 2.62. The Labute approximate surface area is 140 Å². The number of benzene rings is 1. The molecule has 7 heteroatoms. The zero-order valence-corrected chi connectivity index (χ0v) is 14.2. The van der Waals surface area contributed by atoms with E-state index in [0.29, 0.717) is 12.0 Å². The number of hydrogen-bond acceptors (Lipinski definition) is 5. The van der Waals surface area contributed by atoms with E-state index in [1.54, 1.807) is 13.8 Å². The van der Waals surface area contributed by atoms with Crippen molar-refractivity contribution in [2.45, 2.75) is 33.2 Å². The number of nitrogens with one attached hydrogen (secondary N) is 1. The van der Waals surface area contributed by atoms with Crippen LogP contribution in [-0.2, 0) is 19.1 Å². The molecule has 0 radical (unpaired) electrons. The summed E-state index contributed by atoms with van der Waals surface area (Å²) < 4.78 is 22.9. The van der Waals surface area contributed by atoms with Crippen molar-refractivity contribution in [1.82, 2.24) is 5.32 Å². The number of hydrogen-bond donors (Lipinski definition) is 1. The van der Waals surface area contributed by atoms with Gasteiger partial charge in [-0.25, -0.2) is 14.0 Å². The summed E-state index contributed by atoms with van der Waals surface area (Å²) in [6.07, 6.45) is 0.655. The highest BCUT2D eigenvalue weighted by Gasteiger charge is 2.27. The van der Waals surface area contributed by atoms with Gasteiger partial charge in [-0.1, -0.05) is 26.3 Å². The lowest BCUT2D eigenvalue weighted by atomic mass is 9.99. The molecule has 1 amide bonds. The second-order valence-corrected chi connectivity index (χ2v) is 5.49. The third-order valence-electron chi connectivity index (χ3n) is 3.73. The van der Waals surface area contributed by atoms with Crippen LogP contribution in [0.25, 0.3) is 0 Å². The minimum Gasteiger partial charge on any atom is -0.467 e. The van der Waals surface area contributed by atoms with Crippen LogP contribution in [0.3, 0.4) is 0 Å². The molecule has 0 saturated carbocycles. The number of carbonyl (C=O) groups is 3. The van der Waals surface area contributed by atoms with Gasteiger partial charge in [0.15, 0.2) is 6.61 Å². The molecule has 1 rings (SSSR count). The first-order chi connectivity index (χ1) is 11.3. The fourth-order valence-electron chi connectivity index (χ4n) is 1.95. The van der Waals surface area contributed by atoms with Crippen molar-refractivity contribution >= 4 is 17.8 Å². The van der Waals surface area contributed by atoms with Crippen molar-refractivity contribution in [3.63, 3.8) is 0 Å². The fraction of sp³-hybridized carbons (Fsp3) is 0.471. The number of ether oxygens (including phenoxy) is 2. The van der Waals surface area contributed by atoms with Crippen LogP contribution in [0.4, 0.5) is 4.39 Å². The Morgan fingerprint density at radius 3 is 2.50 bits per heavy atom. The van der Waals surface area contributed by atoms with Crippen molar-refractivity contribution in [3.05, 3.63) is 35.1 Å². The Morgan fingerprint density at radius 2 is 1.96 bits per heavy atom. The molecule has 0 bridgehead atoms. The Morgan fingerprint density at radius 1 is 1.29 bits per heavy atom. The van der Waals surface area contributed by atoms with Crippen molar-refractivity contribution < 1.29 is 28.2 Å². The zero-order valence-electron chi connectivity index (χ0n) is 14.2. The van der Waals surface area contributed by atoms with Crippen LogP contribution in [0.1, 0.15) is 36.2 Å². The predicted molar refractivity (Wildman–Crippen MR) is 84.8 cm³/mol. The molecule has 0 aliphatic carbocycles. The average molecular weight is 339 g/mol. The van der Waals surface area contributed by atoms with Crippen LogP contribution < -0.4 is 5.32 Å². The average Bonchev–Trinajstić information content (AvgIpc) is 2.58. The summed E-state index contributed by atoms with van der Waals surface area (Å²) in [6, 6.07) is 3.09. The molecule has 132 valence electrons. The Hall–Kier alpha value is -2.44. The lowest BCUT2D eigenvalue weighted by Crippen LogP contribution is -2.47. The number of methoxy groups -OCH3 is 1. The smallest absolute Gasteiger partial charge is 0.338 e.